The maximum absolute atomic E-state index is 5.89. The van der Waals surface area contributed by atoms with Crippen LogP contribution in [-0.2, 0) is 6.42 Å². The summed E-state index contributed by atoms with van der Waals surface area (Å²) in [6, 6.07) is 11.3. The van der Waals surface area contributed by atoms with E-state index in [2.05, 4.69) is 25.1 Å². The van der Waals surface area contributed by atoms with Gasteiger partial charge in [0.1, 0.15) is 6.33 Å². The molecule has 0 radical (unpaired) electrons. The first-order valence-electron chi connectivity index (χ1n) is 7.57. The van der Waals surface area contributed by atoms with Crippen molar-refractivity contribution in [3.63, 3.8) is 0 Å². The van der Waals surface area contributed by atoms with Crippen LogP contribution in [0.15, 0.2) is 65.8 Å². The minimum Gasteiger partial charge on any atom is -0.334 e. The standard InChI is InChI=1S/C18H12ClN5O/c19-15-4-1-12(2-5-15)7-17-23-18(25-24-17)13-3-6-16(22-10-13)14-8-20-11-21-9-14/h1-6,8-11H,7H2. The van der Waals surface area contributed by atoms with Gasteiger partial charge in [-0.3, -0.25) is 4.98 Å². The second-order valence-corrected chi connectivity index (χ2v) is 5.81. The van der Waals surface area contributed by atoms with E-state index in [9.17, 15) is 0 Å². The summed E-state index contributed by atoms with van der Waals surface area (Å²) in [5.74, 6) is 1.05. The summed E-state index contributed by atoms with van der Waals surface area (Å²) in [5.41, 5.74) is 3.46. The van der Waals surface area contributed by atoms with Crippen molar-refractivity contribution in [1.29, 1.82) is 0 Å². The molecular weight excluding hydrogens is 338 g/mol. The van der Waals surface area contributed by atoms with Crippen molar-refractivity contribution in [2.75, 3.05) is 0 Å². The Hall–Kier alpha value is -3.12. The van der Waals surface area contributed by atoms with Crippen molar-refractivity contribution in [3.8, 4) is 22.7 Å². The van der Waals surface area contributed by atoms with Crippen molar-refractivity contribution < 1.29 is 4.52 Å². The minimum atomic E-state index is 0.437. The Morgan fingerprint density at radius 2 is 1.68 bits per heavy atom. The van der Waals surface area contributed by atoms with E-state index in [-0.39, 0.29) is 0 Å². The highest BCUT2D eigenvalue weighted by atomic mass is 35.5. The second kappa shape index (κ2) is 6.78. The van der Waals surface area contributed by atoms with E-state index in [1.165, 1.54) is 6.33 Å². The molecule has 25 heavy (non-hydrogen) atoms. The van der Waals surface area contributed by atoms with Gasteiger partial charge in [0.2, 0.25) is 0 Å². The lowest BCUT2D eigenvalue weighted by atomic mass is 10.1. The van der Waals surface area contributed by atoms with Gasteiger partial charge in [-0.25, -0.2) is 9.97 Å². The molecule has 4 rings (SSSR count). The van der Waals surface area contributed by atoms with E-state index in [4.69, 9.17) is 16.1 Å². The van der Waals surface area contributed by atoms with Gasteiger partial charge in [0.25, 0.3) is 5.89 Å². The topological polar surface area (TPSA) is 77.6 Å². The van der Waals surface area contributed by atoms with Crippen molar-refractivity contribution in [1.82, 2.24) is 25.1 Å². The van der Waals surface area contributed by atoms with Gasteiger partial charge in [-0.15, -0.1) is 0 Å². The number of hydrogen-bond donors (Lipinski definition) is 0. The number of benzene rings is 1. The van der Waals surface area contributed by atoms with Crippen molar-refractivity contribution >= 4 is 11.6 Å². The van der Waals surface area contributed by atoms with Gasteiger partial charge in [0, 0.05) is 35.6 Å². The number of nitrogens with zero attached hydrogens (tertiary/aromatic N) is 5. The molecule has 0 fully saturated rings. The maximum atomic E-state index is 5.89. The molecule has 0 atom stereocenters. The number of hydrogen-bond acceptors (Lipinski definition) is 6. The number of aromatic nitrogens is 5. The fourth-order valence-electron chi connectivity index (χ4n) is 2.35. The Kier molecular flexibility index (Phi) is 4.18. The Labute approximate surface area is 148 Å². The van der Waals surface area contributed by atoms with Crippen molar-refractivity contribution in [2.24, 2.45) is 0 Å². The third kappa shape index (κ3) is 3.54. The highest BCUT2D eigenvalue weighted by Gasteiger charge is 2.10. The highest BCUT2D eigenvalue weighted by Crippen LogP contribution is 2.21. The number of halogens is 1. The van der Waals surface area contributed by atoms with E-state index >= 15 is 0 Å². The molecule has 0 spiro atoms. The van der Waals surface area contributed by atoms with Crippen LogP contribution in [0, 0.1) is 0 Å². The maximum Gasteiger partial charge on any atom is 0.259 e. The summed E-state index contributed by atoms with van der Waals surface area (Å²) in [6.45, 7) is 0. The summed E-state index contributed by atoms with van der Waals surface area (Å²) >= 11 is 5.89. The van der Waals surface area contributed by atoms with Gasteiger partial charge >= 0.3 is 0 Å². The number of pyridine rings is 1. The van der Waals surface area contributed by atoms with Gasteiger partial charge in [0.05, 0.1) is 11.3 Å². The van der Waals surface area contributed by atoms with E-state index in [0.29, 0.717) is 23.2 Å². The van der Waals surface area contributed by atoms with Crippen molar-refractivity contribution in [2.45, 2.75) is 6.42 Å². The molecule has 122 valence electrons. The SMILES string of the molecule is Clc1ccc(Cc2noc(-c3ccc(-c4cncnc4)nc3)n2)cc1. The van der Waals surface area contributed by atoms with E-state index in [1.54, 1.807) is 18.6 Å². The predicted molar refractivity (Wildman–Crippen MR) is 92.8 cm³/mol. The van der Waals surface area contributed by atoms with Crippen LogP contribution in [0.3, 0.4) is 0 Å². The molecule has 0 N–H and O–H groups in total. The third-order valence-corrected chi connectivity index (χ3v) is 3.86. The summed E-state index contributed by atoms with van der Waals surface area (Å²) in [6.07, 6.45) is 7.19. The Morgan fingerprint density at radius 1 is 0.880 bits per heavy atom. The highest BCUT2D eigenvalue weighted by molar-refractivity contribution is 6.30. The van der Waals surface area contributed by atoms with Gasteiger partial charge < -0.3 is 4.52 Å². The fourth-order valence-corrected chi connectivity index (χ4v) is 2.48. The molecule has 0 amide bonds. The van der Waals surface area contributed by atoms with Gasteiger partial charge in [-0.1, -0.05) is 28.9 Å². The first kappa shape index (κ1) is 15.4. The lowest BCUT2D eigenvalue weighted by molar-refractivity contribution is 0.424. The zero-order valence-corrected chi connectivity index (χ0v) is 13.8. The van der Waals surface area contributed by atoms with E-state index in [0.717, 1.165) is 22.4 Å². The lowest BCUT2D eigenvalue weighted by Gasteiger charge is -1.99. The van der Waals surface area contributed by atoms with Crippen LogP contribution in [0.5, 0.6) is 0 Å². The van der Waals surface area contributed by atoms with Crippen LogP contribution in [0.1, 0.15) is 11.4 Å². The van der Waals surface area contributed by atoms with Crippen LogP contribution in [-0.4, -0.2) is 25.1 Å². The molecule has 0 saturated carbocycles. The average Bonchev–Trinajstić information content (AvgIpc) is 3.13. The first-order chi connectivity index (χ1) is 12.3. The molecule has 0 bridgehead atoms. The van der Waals surface area contributed by atoms with Crippen LogP contribution >= 0.6 is 11.6 Å². The van der Waals surface area contributed by atoms with Gasteiger partial charge in [-0.2, -0.15) is 4.98 Å². The third-order valence-electron chi connectivity index (χ3n) is 3.61. The minimum absolute atomic E-state index is 0.437. The second-order valence-electron chi connectivity index (χ2n) is 5.38. The van der Waals surface area contributed by atoms with Gasteiger partial charge in [-0.05, 0) is 29.8 Å². The molecule has 0 aliphatic carbocycles. The predicted octanol–water partition coefficient (Wildman–Crippen LogP) is 3.83. The van der Waals surface area contributed by atoms with Crippen molar-refractivity contribution in [3.05, 3.63) is 77.7 Å². The normalized spacial score (nSPS) is 10.8. The largest absolute Gasteiger partial charge is 0.334 e. The van der Waals surface area contributed by atoms with Crippen LogP contribution in [0.4, 0.5) is 0 Å². The summed E-state index contributed by atoms with van der Waals surface area (Å²) in [4.78, 5) is 16.8. The molecule has 7 heteroatoms. The molecule has 3 heterocycles. The monoisotopic (exact) mass is 349 g/mol. The van der Waals surface area contributed by atoms with E-state index < -0.39 is 0 Å². The van der Waals surface area contributed by atoms with Gasteiger partial charge in [0.15, 0.2) is 5.82 Å². The van der Waals surface area contributed by atoms with E-state index in [1.807, 2.05) is 36.4 Å². The summed E-state index contributed by atoms with van der Waals surface area (Å²) in [7, 11) is 0. The quantitative estimate of drug-likeness (QED) is 0.557. The zero-order chi connectivity index (χ0) is 17.1. The average molecular weight is 350 g/mol. The zero-order valence-electron chi connectivity index (χ0n) is 13.0. The molecule has 4 aromatic rings. The molecule has 6 nitrogen and oxygen atoms in total. The summed E-state index contributed by atoms with van der Waals surface area (Å²) < 4.78 is 5.34. The Bertz CT molecular complexity index is 969. The Balaban J connectivity index is 1.52. The summed E-state index contributed by atoms with van der Waals surface area (Å²) in [5, 5.41) is 4.73. The molecule has 3 aromatic heterocycles. The first-order valence-corrected chi connectivity index (χ1v) is 7.94. The fraction of sp³-hybridized carbons (Fsp3) is 0.0556. The van der Waals surface area contributed by atoms with Crippen LogP contribution in [0.2, 0.25) is 5.02 Å². The smallest absolute Gasteiger partial charge is 0.259 e. The molecular formula is C18H12ClN5O. The molecule has 1 aromatic carbocycles. The molecule has 0 saturated heterocycles. The Morgan fingerprint density at radius 3 is 2.40 bits per heavy atom. The molecule has 0 aliphatic rings. The molecule has 0 unspecified atom stereocenters. The lowest BCUT2D eigenvalue weighted by Crippen LogP contribution is -1.91. The van der Waals surface area contributed by atoms with Crippen LogP contribution in [0.25, 0.3) is 22.7 Å². The number of rotatable bonds is 4. The molecule has 0 aliphatic heterocycles. The van der Waals surface area contributed by atoms with Crippen LogP contribution < -0.4 is 0 Å².